The second-order valence-corrected chi connectivity index (χ2v) is 4.75. The third-order valence-electron chi connectivity index (χ3n) is 3.54. The molecule has 1 aliphatic rings. The van der Waals surface area contributed by atoms with E-state index in [1.807, 2.05) is 12.3 Å². The minimum atomic E-state index is 0.353. The van der Waals surface area contributed by atoms with Crippen molar-refractivity contribution in [3.8, 4) is 11.4 Å². The zero-order valence-electron chi connectivity index (χ0n) is 9.79. The van der Waals surface area contributed by atoms with Gasteiger partial charge in [0.05, 0.1) is 0 Å². The van der Waals surface area contributed by atoms with E-state index in [2.05, 4.69) is 40.0 Å². The Hall–Kier alpha value is -1.61. The number of benzene rings is 1. The van der Waals surface area contributed by atoms with Crippen LogP contribution in [0.2, 0.25) is 0 Å². The molecule has 2 N–H and O–H groups in total. The van der Waals surface area contributed by atoms with Crippen molar-refractivity contribution in [3.05, 3.63) is 42.7 Å². The van der Waals surface area contributed by atoms with Crippen LogP contribution in [0.1, 0.15) is 25.3 Å². The van der Waals surface area contributed by atoms with Crippen molar-refractivity contribution >= 4 is 0 Å². The smallest absolute Gasteiger partial charge is 0.140 e. The molecule has 3 rings (SSSR count). The summed E-state index contributed by atoms with van der Waals surface area (Å²) in [7, 11) is 0. The van der Waals surface area contributed by atoms with Crippen LogP contribution in [-0.2, 0) is 0 Å². The Morgan fingerprint density at radius 1 is 1.18 bits per heavy atom. The molecule has 0 amide bonds. The summed E-state index contributed by atoms with van der Waals surface area (Å²) in [5, 5.41) is 0. The second-order valence-electron chi connectivity index (χ2n) is 4.75. The number of hydrogen-bond acceptors (Lipinski definition) is 2. The van der Waals surface area contributed by atoms with E-state index in [0.29, 0.717) is 12.1 Å². The molecule has 2 unspecified atom stereocenters. The Balaban J connectivity index is 1.95. The van der Waals surface area contributed by atoms with E-state index in [9.17, 15) is 0 Å². The number of imidazole rings is 1. The molecular weight excluding hydrogens is 210 g/mol. The van der Waals surface area contributed by atoms with Gasteiger partial charge in [-0.1, -0.05) is 30.3 Å². The molecule has 1 aromatic carbocycles. The summed E-state index contributed by atoms with van der Waals surface area (Å²) < 4.78 is 2.28. The van der Waals surface area contributed by atoms with E-state index in [0.717, 1.165) is 25.1 Å². The Morgan fingerprint density at radius 3 is 2.71 bits per heavy atom. The maximum atomic E-state index is 5.99. The molecule has 0 aliphatic heterocycles. The number of nitrogens with zero attached hydrogens (tertiary/aromatic N) is 2. The molecule has 1 aromatic heterocycles. The molecule has 2 atom stereocenters. The van der Waals surface area contributed by atoms with Gasteiger partial charge in [-0.15, -0.1) is 0 Å². The Labute approximate surface area is 101 Å². The molecule has 1 saturated carbocycles. The lowest BCUT2D eigenvalue weighted by Crippen LogP contribution is -2.16. The summed E-state index contributed by atoms with van der Waals surface area (Å²) >= 11 is 0. The van der Waals surface area contributed by atoms with Crippen molar-refractivity contribution in [2.45, 2.75) is 31.3 Å². The van der Waals surface area contributed by atoms with E-state index >= 15 is 0 Å². The van der Waals surface area contributed by atoms with Crippen LogP contribution in [0.25, 0.3) is 11.4 Å². The largest absolute Gasteiger partial charge is 0.328 e. The third kappa shape index (κ3) is 1.98. The fourth-order valence-electron chi connectivity index (χ4n) is 2.66. The fourth-order valence-corrected chi connectivity index (χ4v) is 2.66. The van der Waals surface area contributed by atoms with Crippen LogP contribution in [0.5, 0.6) is 0 Å². The van der Waals surface area contributed by atoms with Crippen LogP contribution in [0.4, 0.5) is 0 Å². The number of aromatic nitrogens is 2. The average Bonchev–Trinajstić information content (AvgIpc) is 2.98. The van der Waals surface area contributed by atoms with Crippen molar-refractivity contribution in [2.75, 3.05) is 0 Å². The highest BCUT2D eigenvalue weighted by Crippen LogP contribution is 2.32. The maximum Gasteiger partial charge on any atom is 0.140 e. The molecule has 1 fully saturated rings. The molecule has 17 heavy (non-hydrogen) atoms. The lowest BCUT2D eigenvalue weighted by molar-refractivity contribution is 0.514. The van der Waals surface area contributed by atoms with Gasteiger partial charge in [0, 0.05) is 30.0 Å². The summed E-state index contributed by atoms with van der Waals surface area (Å²) in [6, 6.07) is 11.2. The monoisotopic (exact) mass is 227 g/mol. The Bertz CT molecular complexity index is 489. The molecule has 1 aliphatic carbocycles. The highest BCUT2D eigenvalue weighted by atomic mass is 15.1. The van der Waals surface area contributed by atoms with Gasteiger partial charge in [0.25, 0.3) is 0 Å². The van der Waals surface area contributed by atoms with Crippen molar-refractivity contribution in [1.82, 2.24) is 9.55 Å². The standard InChI is InChI=1S/C14H17N3/c15-12-6-7-13(10-12)17-9-8-16-14(17)11-4-2-1-3-5-11/h1-5,8-9,12-13H,6-7,10,15H2. The summed E-state index contributed by atoms with van der Waals surface area (Å²) in [4.78, 5) is 4.48. The number of rotatable bonds is 2. The van der Waals surface area contributed by atoms with Gasteiger partial charge in [0.15, 0.2) is 0 Å². The molecule has 0 saturated heterocycles. The first-order valence-corrected chi connectivity index (χ1v) is 6.18. The first-order valence-electron chi connectivity index (χ1n) is 6.18. The molecule has 3 heteroatoms. The lowest BCUT2D eigenvalue weighted by Gasteiger charge is -2.15. The van der Waals surface area contributed by atoms with Gasteiger partial charge in [-0.25, -0.2) is 4.98 Å². The molecule has 3 nitrogen and oxygen atoms in total. The summed E-state index contributed by atoms with van der Waals surface area (Å²) in [5.74, 6) is 1.06. The minimum absolute atomic E-state index is 0.353. The summed E-state index contributed by atoms with van der Waals surface area (Å²) in [6.07, 6.45) is 7.31. The van der Waals surface area contributed by atoms with E-state index in [4.69, 9.17) is 5.73 Å². The normalized spacial score (nSPS) is 24.1. The van der Waals surface area contributed by atoms with Gasteiger partial charge in [0.1, 0.15) is 5.82 Å². The molecular formula is C14H17N3. The maximum absolute atomic E-state index is 5.99. The highest BCUT2D eigenvalue weighted by molar-refractivity contribution is 5.55. The predicted molar refractivity (Wildman–Crippen MR) is 68.5 cm³/mol. The van der Waals surface area contributed by atoms with Crippen LogP contribution in [0.3, 0.4) is 0 Å². The zero-order chi connectivity index (χ0) is 11.7. The van der Waals surface area contributed by atoms with Crippen molar-refractivity contribution < 1.29 is 0 Å². The van der Waals surface area contributed by atoms with Crippen molar-refractivity contribution in [1.29, 1.82) is 0 Å². The fraction of sp³-hybridized carbons (Fsp3) is 0.357. The van der Waals surface area contributed by atoms with Gasteiger partial charge in [-0.2, -0.15) is 0 Å². The summed E-state index contributed by atoms with van der Waals surface area (Å²) in [5.41, 5.74) is 7.16. The van der Waals surface area contributed by atoms with Gasteiger partial charge in [-0.05, 0) is 19.3 Å². The van der Waals surface area contributed by atoms with Crippen LogP contribution >= 0.6 is 0 Å². The molecule has 0 spiro atoms. The zero-order valence-corrected chi connectivity index (χ0v) is 9.79. The van der Waals surface area contributed by atoms with E-state index in [1.54, 1.807) is 0 Å². The van der Waals surface area contributed by atoms with Crippen molar-refractivity contribution in [3.63, 3.8) is 0 Å². The molecule has 0 bridgehead atoms. The van der Waals surface area contributed by atoms with Gasteiger partial charge >= 0.3 is 0 Å². The number of nitrogens with two attached hydrogens (primary N) is 1. The predicted octanol–water partition coefficient (Wildman–Crippen LogP) is 2.60. The topological polar surface area (TPSA) is 43.8 Å². The van der Waals surface area contributed by atoms with E-state index < -0.39 is 0 Å². The lowest BCUT2D eigenvalue weighted by atomic mass is 10.2. The molecule has 1 heterocycles. The number of hydrogen-bond donors (Lipinski definition) is 1. The molecule has 88 valence electrons. The van der Waals surface area contributed by atoms with Gasteiger partial charge in [0.2, 0.25) is 0 Å². The Kier molecular flexibility index (Phi) is 2.69. The first-order chi connectivity index (χ1) is 8.34. The van der Waals surface area contributed by atoms with E-state index in [1.165, 1.54) is 5.56 Å². The average molecular weight is 227 g/mol. The Morgan fingerprint density at radius 2 is 2.00 bits per heavy atom. The molecule has 0 radical (unpaired) electrons. The van der Waals surface area contributed by atoms with Gasteiger partial charge < -0.3 is 10.3 Å². The molecule has 2 aromatic rings. The second kappa shape index (κ2) is 4.34. The SMILES string of the molecule is NC1CCC(n2ccnc2-c2ccccc2)C1. The van der Waals surface area contributed by atoms with Crippen molar-refractivity contribution in [2.24, 2.45) is 5.73 Å². The van der Waals surface area contributed by atoms with Crippen LogP contribution in [0, 0.1) is 0 Å². The van der Waals surface area contributed by atoms with Crippen LogP contribution in [-0.4, -0.2) is 15.6 Å². The quantitative estimate of drug-likeness (QED) is 0.857. The highest BCUT2D eigenvalue weighted by Gasteiger charge is 2.24. The van der Waals surface area contributed by atoms with E-state index in [-0.39, 0.29) is 0 Å². The summed E-state index contributed by atoms with van der Waals surface area (Å²) in [6.45, 7) is 0. The third-order valence-corrected chi connectivity index (χ3v) is 3.54. The van der Waals surface area contributed by atoms with Crippen LogP contribution < -0.4 is 5.73 Å². The minimum Gasteiger partial charge on any atom is -0.328 e. The van der Waals surface area contributed by atoms with Crippen LogP contribution in [0.15, 0.2) is 42.7 Å². The first kappa shape index (κ1) is 10.5. The van der Waals surface area contributed by atoms with Gasteiger partial charge in [-0.3, -0.25) is 0 Å².